The molecule has 2 unspecified atom stereocenters. The number of aryl methyl sites for hydroxylation is 1. The number of aliphatic imine (C=N–C) groups is 1. The molecule has 0 radical (unpaired) electrons. The molecule has 0 aliphatic carbocycles. The van der Waals surface area contributed by atoms with Gasteiger partial charge in [0.1, 0.15) is 0 Å². The number of guanidine groups is 1. The Morgan fingerprint density at radius 1 is 1.29 bits per heavy atom. The van der Waals surface area contributed by atoms with E-state index in [0.717, 1.165) is 25.0 Å². The number of hydrogen-bond acceptors (Lipinski definition) is 2. The van der Waals surface area contributed by atoms with Crippen LogP contribution in [0.5, 0.6) is 0 Å². The summed E-state index contributed by atoms with van der Waals surface area (Å²) >= 11 is 0. The highest BCUT2D eigenvalue weighted by molar-refractivity contribution is 14.0. The molecule has 2 N–H and O–H groups in total. The summed E-state index contributed by atoms with van der Waals surface area (Å²) in [5.41, 5.74) is 2.38. The van der Waals surface area contributed by atoms with Crippen LogP contribution in [0, 0.1) is 12.8 Å². The van der Waals surface area contributed by atoms with E-state index in [9.17, 15) is 8.78 Å². The summed E-state index contributed by atoms with van der Waals surface area (Å²) in [6, 6.07) is 8.37. The average Bonchev–Trinajstić information content (AvgIpc) is 2.56. The Labute approximate surface area is 159 Å². The number of benzene rings is 1. The Hall–Kier alpha value is -0.960. The van der Waals surface area contributed by atoms with Gasteiger partial charge in [0.2, 0.25) is 0 Å². The van der Waals surface area contributed by atoms with Crippen molar-refractivity contribution in [3.8, 4) is 0 Å². The molecule has 4 nitrogen and oxygen atoms in total. The predicted molar refractivity (Wildman–Crippen MR) is 103 cm³/mol. The van der Waals surface area contributed by atoms with E-state index in [1.807, 2.05) is 0 Å². The van der Waals surface area contributed by atoms with E-state index in [1.54, 1.807) is 7.05 Å². The van der Waals surface area contributed by atoms with E-state index in [-0.39, 0.29) is 36.0 Å². The second kappa shape index (κ2) is 10.8. The zero-order valence-corrected chi connectivity index (χ0v) is 16.4. The first-order chi connectivity index (χ1) is 11.1. The van der Waals surface area contributed by atoms with Crippen LogP contribution < -0.4 is 10.6 Å². The molecule has 0 saturated carbocycles. The molecule has 7 heteroatoms. The van der Waals surface area contributed by atoms with Crippen LogP contribution in [-0.2, 0) is 4.74 Å². The van der Waals surface area contributed by atoms with Gasteiger partial charge in [-0.3, -0.25) is 4.99 Å². The van der Waals surface area contributed by atoms with Gasteiger partial charge in [-0.15, -0.1) is 24.0 Å². The van der Waals surface area contributed by atoms with Gasteiger partial charge in [-0.2, -0.15) is 0 Å². The lowest BCUT2D eigenvalue weighted by Gasteiger charge is -2.32. The highest BCUT2D eigenvalue weighted by Gasteiger charge is 2.27. The molecule has 1 fully saturated rings. The van der Waals surface area contributed by atoms with Gasteiger partial charge in [0, 0.05) is 26.1 Å². The molecule has 1 saturated heterocycles. The molecule has 1 heterocycles. The fraction of sp³-hybridized carbons (Fsp3) is 0.588. The average molecular weight is 453 g/mol. The maximum Gasteiger partial charge on any atom is 0.255 e. The lowest BCUT2D eigenvalue weighted by molar-refractivity contribution is -0.0265. The van der Waals surface area contributed by atoms with Crippen LogP contribution in [0.25, 0.3) is 0 Å². The molecule has 1 aliphatic heterocycles. The normalized spacial score (nSPS) is 21.3. The minimum Gasteiger partial charge on any atom is -0.373 e. The predicted octanol–water partition coefficient (Wildman–Crippen LogP) is 3.51. The third kappa shape index (κ3) is 6.51. The van der Waals surface area contributed by atoms with Crippen molar-refractivity contribution in [3.63, 3.8) is 0 Å². The van der Waals surface area contributed by atoms with E-state index in [4.69, 9.17) is 4.74 Å². The molecule has 0 bridgehead atoms. The SMILES string of the molecule is CN=C(NCC(F)F)NCC1CCCOC1c1ccc(C)cc1.I. The topological polar surface area (TPSA) is 45.7 Å². The highest BCUT2D eigenvalue weighted by atomic mass is 127. The lowest BCUT2D eigenvalue weighted by Crippen LogP contribution is -2.43. The van der Waals surface area contributed by atoms with Gasteiger partial charge < -0.3 is 15.4 Å². The van der Waals surface area contributed by atoms with Crippen LogP contribution in [0.1, 0.15) is 30.1 Å². The van der Waals surface area contributed by atoms with E-state index in [2.05, 4.69) is 46.8 Å². The molecule has 0 amide bonds. The molecular weight excluding hydrogens is 427 g/mol. The van der Waals surface area contributed by atoms with Crippen molar-refractivity contribution in [2.45, 2.75) is 32.3 Å². The van der Waals surface area contributed by atoms with Crippen molar-refractivity contribution in [2.75, 3.05) is 26.7 Å². The van der Waals surface area contributed by atoms with Gasteiger partial charge in [0.15, 0.2) is 5.96 Å². The van der Waals surface area contributed by atoms with Crippen LogP contribution >= 0.6 is 24.0 Å². The Morgan fingerprint density at radius 2 is 2.00 bits per heavy atom. The van der Waals surface area contributed by atoms with Gasteiger partial charge >= 0.3 is 0 Å². The minimum absolute atomic E-state index is 0. The molecule has 136 valence electrons. The molecule has 1 aromatic rings. The first kappa shape index (κ1) is 21.1. The van der Waals surface area contributed by atoms with Gasteiger partial charge in [-0.25, -0.2) is 8.78 Å². The van der Waals surface area contributed by atoms with Crippen LogP contribution in [0.2, 0.25) is 0 Å². The third-order valence-corrected chi connectivity index (χ3v) is 4.03. The van der Waals surface area contributed by atoms with Gasteiger partial charge in [-0.05, 0) is 25.3 Å². The summed E-state index contributed by atoms with van der Waals surface area (Å²) in [7, 11) is 1.58. The van der Waals surface area contributed by atoms with Crippen molar-refractivity contribution < 1.29 is 13.5 Å². The van der Waals surface area contributed by atoms with Crippen molar-refractivity contribution in [1.82, 2.24) is 10.6 Å². The van der Waals surface area contributed by atoms with Crippen LogP contribution in [0.3, 0.4) is 0 Å². The number of nitrogens with one attached hydrogen (secondary N) is 2. The Kier molecular flexibility index (Phi) is 9.50. The maximum absolute atomic E-state index is 12.3. The molecule has 1 aliphatic rings. The number of halogens is 3. The summed E-state index contributed by atoms with van der Waals surface area (Å²) in [5.74, 6) is 0.690. The van der Waals surface area contributed by atoms with Gasteiger partial charge in [0.05, 0.1) is 12.6 Å². The Balaban J connectivity index is 0.00000288. The molecule has 0 aromatic heterocycles. The summed E-state index contributed by atoms with van der Waals surface area (Å²) in [6.45, 7) is 3.06. The fourth-order valence-corrected chi connectivity index (χ4v) is 2.80. The summed E-state index contributed by atoms with van der Waals surface area (Å²) < 4.78 is 30.5. The number of hydrogen-bond donors (Lipinski definition) is 2. The van der Waals surface area contributed by atoms with Crippen molar-refractivity contribution >= 4 is 29.9 Å². The van der Waals surface area contributed by atoms with Gasteiger partial charge in [0.25, 0.3) is 6.43 Å². The number of ether oxygens (including phenoxy) is 1. The standard InChI is InChI=1S/C17H25F2N3O.HI/c1-12-5-7-13(8-6-12)16-14(4-3-9-23-16)10-21-17(20-2)22-11-15(18)19;/h5-8,14-16H,3-4,9-11H2,1-2H3,(H2,20,21,22);1H. The van der Waals surface area contributed by atoms with Crippen molar-refractivity contribution in [1.29, 1.82) is 0 Å². The van der Waals surface area contributed by atoms with Crippen molar-refractivity contribution in [3.05, 3.63) is 35.4 Å². The monoisotopic (exact) mass is 453 g/mol. The van der Waals surface area contributed by atoms with Crippen LogP contribution in [0.4, 0.5) is 8.78 Å². The summed E-state index contributed by atoms with van der Waals surface area (Å²) in [6.07, 6.45) is -0.313. The quantitative estimate of drug-likeness (QED) is 0.408. The fourth-order valence-electron chi connectivity index (χ4n) is 2.80. The smallest absolute Gasteiger partial charge is 0.255 e. The molecule has 0 spiro atoms. The van der Waals surface area contributed by atoms with E-state index < -0.39 is 13.0 Å². The first-order valence-corrected chi connectivity index (χ1v) is 8.01. The minimum atomic E-state index is -2.40. The molecule has 1 aromatic carbocycles. The number of alkyl halides is 2. The lowest BCUT2D eigenvalue weighted by atomic mass is 9.89. The molecule has 2 rings (SSSR count). The third-order valence-electron chi connectivity index (χ3n) is 4.03. The molecular formula is C17H26F2IN3O. The largest absolute Gasteiger partial charge is 0.373 e. The van der Waals surface area contributed by atoms with E-state index >= 15 is 0 Å². The van der Waals surface area contributed by atoms with Gasteiger partial charge in [-0.1, -0.05) is 29.8 Å². The molecule has 24 heavy (non-hydrogen) atoms. The van der Waals surface area contributed by atoms with E-state index in [1.165, 1.54) is 5.56 Å². The van der Waals surface area contributed by atoms with Crippen LogP contribution in [0.15, 0.2) is 29.3 Å². The summed E-state index contributed by atoms with van der Waals surface area (Å²) in [5, 5.41) is 5.75. The van der Waals surface area contributed by atoms with Crippen molar-refractivity contribution in [2.24, 2.45) is 10.9 Å². The zero-order valence-electron chi connectivity index (χ0n) is 14.1. The van der Waals surface area contributed by atoms with Crippen LogP contribution in [-0.4, -0.2) is 39.1 Å². The molecule has 2 atom stereocenters. The Morgan fingerprint density at radius 3 is 2.62 bits per heavy atom. The maximum atomic E-state index is 12.3. The summed E-state index contributed by atoms with van der Waals surface area (Å²) in [4.78, 5) is 3.97. The Bertz CT molecular complexity index is 511. The number of rotatable bonds is 5. The van der Waals surface area contributed by atoms with E-state index in [0.29, 0.717) is 12.5 Å². The second-order valence-corrected chi connectivity index (χ2v) is 5.83. The highest BCUT2D eigenvalue weighted by Crippen LogP contribution is 2.33. The zero-order chi connectivity index (χ0) is 16.7. The first-order valence-electron chi connectivity index (χ1n) is 8.01. The second-order valence-electron chi connectivity index (χ2n) is 5.83. The number of nitrogens with zero attached hydrogens (tertiary/aromatic N) is 1.